The van der Waals surface area contributed by atoms with E-state index >= 15 is 0 Å². The molecule has 0 atom stereocenters. The predicted molar refractivity (Wildman–Crippen MR) is 55.5 cm³/mol. The smallest absolute Gasteiger partial charge is 0.0412 e. The van der Waals surface area contributed by atoms with E-state index in [1.807, 2.05) is 18.2 Å². The molecule has 0 heterocycles. The van der Waals surface area contributed by atoms with Gasteiger partial charge >= 0.3 is 0 Å². The summed E-state index contributed by atoms with van der Waals surface area (Å²) in [6.45, 7) is 5.92. The second-order valence-corrected chi connectivity index (χ2v) is 3.23. The number of halogens is 1. The van der Waals surface area contributed by atoms with Crippen LogP contribution in [0.3, 0.4) is 0 Å². The van der Waals surface area contributed by atoms with E-state index in [1.165, 1.54) is 5.56 Å². The van der Waals surface area contributed by atoms with Gasteiger partial charge in [0.15, 0.2) is 0 Å². The van der Waals surface area contributed by atoms with Crippen LogP contribution < -0.4 is 0 Å². The van der Waals surface area contributed by atoms with Crippen molar-refractivity contribution in [2.24, 2.45) is 0 Å². The highest BCUT2D eigenvalue weighted by atomic mass is 35.5. The molecule has 1 rings (SSSR count). The van der Waals surface area contributed by atoms with E-state index in [0.29, 0.717) is 0 Å². The van der Waals surface area contributed by atoms with Crippen molar-refractivity contribution in [2.75, 3.05) is 0 Å². The fourth-order valence-electron chi connectivity index (χ4n) is 1.25. The molecule has 0 aliphatic carbocycles. The van der Waals surface area contributed by atoms with Crippen LogP contribution in [-0.4, -0.2) is 0 Å². The lowest BCUT2D eigenvalue weighted by molar-refractivity contribution is 0.919. The SMILES string of the molecule is C=Cc1cc(Cl)ccc1CCC. The molecule has 0 aliphatic rings. The highest BCUT2D eigenvalue weighted by Gasteiger charge is 1.98. The van der Waals surface area contributed by atoms with E-state index in [4.69, 9.17) is 11.6 Å². The minimum Gasteiger partial charge on any atom is -0.0985 e. The molecule has 0 aliphatic heterocycles. The standard InChI is InChI=1S/C11H13Cl/c1-3-5-10-6-7-11(12)8-9(10)4-2/h4,6-8H,2-3,5H2,1H3. The zero-order valence-corrected chi connectivity index (χ0v) is 8.06. The first-order valence-corrected chi connectivity index (χ1v) is 4.56. The molecule has 1 aromatic rings. The Kier molecular flexibility index (Phi) is 3.36. The Balaban J connectivity index is 3.02. The van der Waals surface area contributed by atoms with E-state index in [0.717, 1.165) is 23.4 Å². The zero-order chi connectivity index (χ0) is 8.97. The molecule has 0 spiro atoms. The maximum absolute atomic E-state index is 5.85. The second kappa shape index (κ2) is 4.32. The molecule has 0 amide bonds. The Bertz CT molecular complexity index is 276. The van der Waals surface area contributed by atoms with Crippen LogP contribution in [-0.2, 0) is 6.42 Å². The van der Waals surface area contributed by atoms with E-state index in [1.54, 1.807) is 0 Å². The molecule has 0 aromatic heterocycles. The minimum atomic E-state index is 0.782. The molecule has 0 fully saturated rings. The van der Waals surface area contributed by atoms with Gasteiger partial charge in [0.1, 0.15) is 0 Å². The van der Waals surface area contributed by atoms with Gasteiger partial charge in [-0.15, -0.1) is 0 Å². The highest BCUT2D eigenvalue weighted by Crippen LogP contribution is 2.18. The van der Waals surface area contributed by atoms with Gasteiger partial charge in [0, 0.05) is 5.02 Å². The maximum atomic E-state index is 5.85. The molecule has 1 aromatic carbocycles. The molecule has 12 heavy (non-hydrogen) atoms. The first-order chi connectivity index (χ1) is 5.77. The largest absolute Gasteiger partial charge is 0.0985 e. The summed E-state index contributed by atoms with van der Waals surface area (Å²) in [6.07, 6.45) is 4.11. The predicted octanol–water partition coefficient (Wildman–Crippen LogP) is 3.94. The first-order valence-electron chi connectivity index (χ1n) is 4.18. The van der Waals surface area contributed by atoms with Crippen LogP contribution in [0, 0.1) is 0 Å². The van der Waals surface area contributed by atoms with Crippen molar-refractivity contribution >= 4 is 17.7 Å². The van der Waals surface area contributed by atoms with Crippen LogP contribution in [0.25, 0.3) is 6.08 Å². The van der Waals surface area contributed by atoms with Crippen molar-refractivity contribution in [3.8, 4) is 0 Å². The van der Waals surface area contributed by atoms with Gasteiger partial charge in [-0.05, 0) is 29.7 Å². The molecule has 0 radical (unpaired) electrons. The summed E-state index contributed by atoms with van der Waals surface area (Å²) in [5, 5.41) is 0.782. The van der Waals surface area contributed by atoms with Gasteiger partial charge in [-0.25, -0.2) is 0 Å². The van der Waals surface area contributed by atoms with Crippen LogP contribution in [0.4, 0.5) is 0 Å². The Morgan fingerprint density at radius 3 is 2.83 bits per heavy atom. The Hall–Kier alpha value is -0.750. The fraction of sp³-hybridized carbons (Fsp3) is 0.273. The summed E-state index contributed by atoms with van der Waals surface area (Å²) in [4.78, 5) is 0. The van der Waals surface area contributed by atoms with Crippen LogP contribution >= 0.6 is 11.6 Å². The van der Waals surface area contributed by atoms with Crippen molar-refractivity contribution in [2.45, 2.75) is 19.8 Å². The Labute approximate surface area is 78.9 Å². The molecule has 1 heteroatoms. The summed E-state index contributed by atoms with van der Waals surface area (Å²) in [5.41, 5.74) is 2.49. The summed E-state index contributed by atoms with van der Waals surface area (Å²) in [5.74, 6) is 0. The molecule has 0 N–H and O–H groups in total. The third kappa shape index (κ3) is 2.12. The lowest BCUT2D eigenvalue weighted by atomic mass is 10.0. The van der Waals surface area contributed by atoms with Gasteiger partial charge in [0.25, 0.3) is 0 Å². The lowest BCUT2D eigenvalue weighted by Crippen LogP contribution is -1.87. The summed E-state index contributed by atoms with van der Waals surface area (Å²) in [6, 6.07) is 5.96. The van der Waals surface area contributed by atoms with Crippen molar-refractivity contribution in [3.05, 3.63) is 40.9 Å². The number of rotatable bonds is 3. The highest BCUT2D eigenvalue weighted by molar-refractivity contribution is 6.30. The van der Waals surface area contributed by atoms with Gasteiger partial charge in [0.05, 0.1) is 0 Å². The summed E-state index contributed by atoms with van der Waals surface area (Å²) < 4.78 is 0. The van der Waals surface area contributed by atoms with Gasteiger partial charge in [-0.2, -0.15) is 0 Å². The van der Waals surface area contributed by atoms with Crippen molar-refractivity contribution in [1.82, 2.24) is 0 Å². The van der Waals surface area contributed by atoms with Gasteiger partial charge in [-0.3, -0.25) is 0 Å². The van der Waals surface area contributed by atoms with Gasteiger partial charge in [-0.1, -0.05) is 43.7 Å². The Morgan fingerprint density at radius 2 is 2.25 bits per heavy atom. The van der Waals surface area contributed by atoms with Crippen LogP contribution in [0.1, 0.15) is 24.5 Å². The van der Waals surface area contributed by atoms with Crippen LogP contribution in [0.15, 0.2) is 24.8 Å². The molecular weight excluding hydrogens is 168 g/mol. The normalized spacial score (nSPS) is 9.83. The van der Waals surface area contributed by atoms with Crippen LogP contribution in [0.5, 0.6) is 0 Å². The van der Waals surface area contributed by atoms with E-state index in [9.17, 15) is 0 Å². The molecule has 0 saturated heterocycles. The summed E-state index contributed by atoms with van der Waals surface area (Å²) >= 11 is 5.85. The maximum Gasteiger partial charge on any atom is 0.0412 e. The van der Waals surface area contributed by atoms with Crippen molar-refractivity contribution in [3.63, 3.8) is 0 Å². The molecule has 0 nitrogen and oxygen atoms in total. The number of hydrogen-bond donors (Lipinski definition) is 0. The molecule has 64 valence electrons. The lowest BCUT2D eigenvalue weighted by Gasteiger charge is -2.04. The third-order valence-corrected chi connectivity index (χ3v) is 2.08. The number of benzene rings is 1. The topological polar surface area (TPSA) is 0 Å². The second-order valence-electron chi connectivity index (χ2n) is 2.80. The number of hydrogen-bond acceptors (Lipinski definition) is 0. The monoisotopic (exact) mass is 180 g/mol. The fourth-order valence-corrected chi connectivity index (χ4v) is 1.43. The average molecular weight is 181 g/mol. The first kappa shape index (κ1) is 9.34. The minimum absolute atomic E-state index is 0.782. The summed E-state index contributed by atoms with van der Waals surface area (Å²) in [7, 11) is 0. The average Bonchev–Trinajstić information content (AvgIpc) is 2.08. The number of aryl methyl sites for hydroxylation is 1. The molecule has 0 bridgehead atoms. The van der Waals surface area contributed by atoms with Gasteiger partial charge in [0.2, 0.25) is 0 Å². The molecule has 0 unspecified atom stereocenters. The zero-order valence-electron chi connectivity index (χ0n) is 7.31. The van der Waals surface area contributed by atoms with Crippen LogP contribution in [0.2, 0.25) is 5.02 Å². The van der Waals surface area contributed by atoms with E-state index < -0.39 is 0 Å². The quantitative estimate of drug-likeness (QED) is 0.661. The van der Waals surface area contributed by atoms with Crippen molar-refractivity contribution in [1.29, 1.82) is 0 Å². The molecular formula is C11H13Cl. The van der Waals surface area contributed by atoms with E-state index in [2.05, 4.69) is 19.6 Å². The third-order valence-electron chi connectivity index (χ3n) is 1.85. The Morgan fingerprint density at radius 1 is 1.50 bits per heavy atom. The van der Waals surface area contributed by atoms with Crippen molar-refractivity contribution < 1.29 is 0 Å². The van der Waals surface area contributed by atoms with E-state index in [-0.39, 0.29) is 0 Å². The molecule has 0 saturated carbocycles. The van der Waals surface area contributed by atoms with Gasteiger partial charge < -0.3 is 0 Å².